The second kappa shape index (κ2) is 6.01. The van der Waals surface area contributed by atoms with Gasteiger partial charge in [-0.25, -0.2) is 0 Å². The molecule has 1 saturated heterocycles. The normalized spacial score (nSPS) is 31.5. The van der Waals surface area contributed by atoms with E-state index in [-0.39, 0.29) is 0 Å². The molecule has 0 aromatic heterocycles. The molecule has 2 unspecified atom stereocenters. The van der Waals surface area contributed by atoms with Gasteiger partial charge in [0.2, 0.25) is 0 Å². The van der Waals surface area contributed by atoms with Crippen LogP contribution in [0.4, 0.5) is 0 Å². The maximum absolute atomic E-state index is 3.77. The van der Waals surface area contributed by atoms with Crippen molar-refractivity contribution in [1.82, 2.24) is 10.2 Å². The van der Waals surface area contributed by atoms with E-state index in [1.807, 2.05) is 0 Å². The largest absolute Gasteiger partial charge is 0.311 e. The summed E-state index contributed by atoms with van der Waals surface area (Å²) in [4.78, 5) is 2.73. The van der Waals surface area contributed by atoms with Crippen LogP contribution in [0, 0.1) is 11.8 Å². The van der Waals surface area contributed by atoms with Gasteiger partial charge in [-0.3, -0.25) is 4.90 Å². The van der Waals surface area contributed by atoms with E-state index in [0.717, 1.165) is 23.9 Å². The number of nitrogens with zero attached hydrogens (tertiary/aromatic N) is 1. The second-order valence-electron chi connectivity index (χ2n) is 6.02. The third-order valence-corrected chi connectivity index (χ3v) is 4.27. The van der Waals surface area contributed by atoms with Gasteiger partial charge in [0.1, 0.15) is 0 Å². The van der Waals surface area contributed by atoms with Crippen LogP contribution in [0.25, 0.3) is 0 Å². The maximum Gasteiger partial charge on any atom is 0.0244 e. The molecule has 0 aromatic carbocycles. The molecule has 2 rings (SSSR count). The number of hydrogen-bond acceptors (Lipinski definition) is 2. The molecular weight excluding hydrogens is 208 g/mol. The Balaban J connectivity index is 1.88. The minimum absolute atomic E-state index is 0.732. The maximum atomic E-state index is 3.77. The quantitative estimate of drug-likeness (QED) is 0.738. The van der Waals surface area contributed by atoms with Crippen LogP contribution in [0.2, 0.25) is 0 Å². The Kier molecular flexibility index (Phi) is 4.63. The average molecular weight is 236 g/mol. The van der Waals surface area contributed by atoms with E-state index in [1.165, 1.54) is 38.9 Å². The van der Waals surface area contributed by atoms with Crippen LogP contribution in [-0.2, 0) is 0 Å². The fourth-order valence-electron chi connectivity index (χ4n) is 2.99. The second-order valence-corrected chi connectivity index (χ2v) is 6.02. The van der Waals surface area contributed by atoms with Crippen molar-refractivity contribution in [3.63, 3.8) is 0 Å². The van der Waals surface area contributed by atoms with Crippen molar-refractivity contribution in [3.05, 3.63) is 12.2 Å². The summed E-state index contributed by atoms with van der Waals surface area (Å²) in [5, 5.41) is 3.77. The molecule has 0 spiro atoms. The van der Waals surface area contributed by atoms with Gasteiger partial charge in [0.25, 0.3) is 0 Å². The van der Waals surface area contributed by atoms with Gasteiger partial charge in [0.05, 0.1) is 0 Å². The topological polar surface area (TPSA) is 15.3 Å². The third kappa shape index (κ3) is 3.56. The van der Waals surface area contributed by atoms with Gasteiger partial charge in [-0.05, 0) is 38.0 Å². The number of allylic oxidation sites excluding steroid dienone is 1. The van der Waals surface area contributed by atoms with Gasteiger partial charge in [-0.2, -0.15) is 0 Å². The fraction of sp³-hybridized carbons (Fsp3) is 0.867. The Labute approximate surface area is 106 Å². The van der Waals surface area contributed by atoms with E-state index in [4.69, 9.17) is 0 Å². The summed E-state index contributed by atoms with van der Waals surface area (Å²) in [6.07, 6.45) is 8.58. The van der Waals surface area contributed by atoms with Crippen molar-refractivity contribution in [2.75, 3.05) is 19.6 Å². The Bertz CT molecular complexity index is 256. The molecule has 2 fully saturated rings. The van der Waals surface area contributed by atoms with Gasteiger partial charge in [-0.1, -0.05) is 26.0 Å². The molecule has 1 saturated carbocycles. The molecule has 0 amide bonds. The zero-order valence-electron chi connectivity index (χ0n) is 11.7. The Morgan fingerprint density at radius 2 is 2.12 bits per heavy atom. The zero-order valence-corrected chi connectivity index (χ0v) is 11.7. The first-order valence-corrected chi connectivity index (χ1v) is 7.31. The highest BCUT2D eigenvalue weighted by molar-refractivity contribution is 4.95. The van der Waals surface area contributed by atoms with Crippen molar-refractivity contribution in [2.45, 2.75) is 52.1 Å². The molecule has 1 aliphatic heterocycles. The molecule has 0 bridgehead atoms. The highest BCUT2D eigenvalue weighted by Gasteiger charge is 2.37. The summed E-state index contributed by atoms with van der Waals surface area (Å²) in [5.74, 6) is 1.74. The van der Waals surface area contributed by atoms with Crippen LogP contribution in [0.1, 0.15) is 40.0 Å². The van der Waals surface area contributed by atoms with Gasteiger partial charge < -0.3 is 5.32 Å². The smallest absolute Gasteiger partial charge is 0.0244 e. The standard InChI is InChI=1S/C15H28N2/c1-4-5-6-9-17-11-14(13-7-8-13)16-10-15(17)12(2)3/h4-5,12-16H,6-11H2,1-3H3/b5-4+. The van der Waals surface area contributed by atoms with E-state index >= 15 is 0 Å². The first-order chi connectivity index (χ1) is 8.22. The molecule has 0 aromatic rings. The SMILES string of the molecule is C/C=C/CCN1CC(C2CC2)NCC1C(C)C. The van der Waals surface area contributed by atoms with E-state index in [0.29, 0.717) is 0 Å². The highest BCUT2D eigenvalue weighted by atomic mass is 15.2. The summed E-state index contributed by atoms with van der Waals surface area (Å²) in [6.45, 7) is 10.5. The van der Waals surface area contributed by atoms with Gasteiger partial charge >= 0.3 is 0 Å². The Morgan fingerprint density at radius 3 is 2.71 bits per heavy atom. The molecule has 2 atom stereocenters. The Hall–Kier alpha value is -0.340. The molecule has 17 heavy (non-hydrogen) atoms. The number of nitrogens with one attached hydrogen (secondary N) is 1. The zero-order chi connectivity index (χ0) is 12.3. The predicted molar refractivity (Wildman–Crippen MR) is 74.1 cm³/mol. The molecular formula is C15H28N2. The number of piperazine rings is 1. The van der Waals surface area contributed by atoms with Crippen LogP contribution in [-0.4, -0.2) is 36.6 Å². The van der Waals surface area contributed by atoms with Crippen molar-refractivity contribution >= 4 is 0 Å². The van der Waals surface area contributed by atoms with Crippen LogP contribution in [0.5, 0.6) is 0 Å². The number of rotatable bonds is 5. The lowest BCUT2D eigenvalue weighted by atomic mass is 9.96. The number of hydrogen-bond donors (Lipinski definition) is 1. The molecule has 2 heteroatoms. The molecule has 2 aliphatic rings. The van der Waals surface area contributed by atoms with Gasteiger partial charge in [-0.15, -0.1) is 0 Å². The van der Waals surface area contributed by atoms with Crippen molar-refractivity contribution in [3.8, 4) is 0 Å². The molecule has 2 nitrogen and oxygen atoms in total. The Morgan fingerprint density at radius 1 is 1.35 bits per heavy atom. The molecule has 1 aliphatic carbocycles. The van der Waals surface area contributed by atoms with Crippen molar-refractivity contribution < 1.29 is 0 Å². The highest BCUT2D eigenvalue weighted by Crippen LogP contribution is 2.34. The lowest BCUT2D eigenvalue weighted by Crippen LogP contribution is -2.58. The lowest BCUT2D eigenvalue weighted by Gasteiger charge is -2.42. The van der Waals surface area contributed by atoms with Gasteiger partial charge in [0, 0.05) is 31.7 Å². The fourth-order valence-corrected chi connectivity index (χ4v) is 2.99. The van der Waals surface area contributed by atoms with Gasteiger partial charge in [0.15, 0.2) is 0 Å². The summed E-state index contributed by atoms with van der Waals surface area (Å²) in [5.41, 5.74) is 0. The summed E-state index contributed by atoms with van der Waals surface area (Å²) in [6, 6.07) is 1.51. The van der Waals surface area contributed by atoms with E-state index < -0.39 is 0 Å². The van der Waals surface area contributed by atoms with Crippen molar-refractivity contribution in [1.29, 1.82) is 0 Å². The molecule has 1 N–H and O–H groups in total. The predicted octanol–water partition coefficient (Wildman–Crippen LogP) is 2.66. The average Bonchev–Trinajstić information content (AvgIpc) is 3.13. The minimum atomic E-state index is 0.732. The van der Waals surface area contributed by atoms with Crippen LogP contribution in [0.15, 0.2) is 12.2 Å². The van der Waals surface area contributed by atoms with Crippen molar-refractivity contribution in [2.24, 2.45) is 11.8 Å². The minimum Gasteiger partial charge on any atom is -0.311 e. The summed E-state index contributed by atoms with van der Waals surface area (Å²) in [7, 11) is 0. The first kappa shape index (κ1) is 13.1. The van der Waals surface area contributed by atoms with E-state index in [2.05, 4.69) is 43.1 Å². The van der Waals surface area contributed by atoms with Crippen LogP contribution in [0.3, 0.4) is 0 Å². The van der Waals surface area contributed by atoms with E-state index in [1.54, 1.807) is 0 Å². The first-order valence-electron chi connectivity index (χ1n) is 7.31. The summed E-state index contributed by atoms with van der Waals surface area (Å²) >= 11 is 0. The lowest BCUT2D eigenvalue weighted by molar-refractivity contribution is 0.0942. The molecule has 1 heterocycles. The van der Waals surface area contributed by atoms with E-state index in [9.17, 15) is 0 Å². The van der Waals surface area contributed by atoms with Crippen LogP contribution < -0.4 is 5.32 Å². The third-order valence-electron chi connectivity index (χ3n) is 4.27. The molecule has 98 valence electrons. The molecule has 0 radical (unpaired) electrons. The summed E-state index contributed by atoms with van der Waals surface area (Å²) < 4.78 is 0. The van der Waals surface area contributed by atoms with Crippen LogP contribution >= 0.6 is 0 Å². The monoisotopic (exact) mass is 236 g/mol.